The first-order valence-electron chi connectivity index (χ1n) is 9.44. The summed E-state index contributed by atoms with van der Waals surface area (Å²) in [5.41, 5.74) is 0.619. The van der Waals surface area contributed by atoms with E-state index in [2.05, 4.69) is 10.00 Å². The van der Waals surface area contributed by atoms with Crippen molar-refractivity contribution < 1.29 is 9.53 Å². The number of aromatic nitrogens is 2. The highest BCUT2D eigenvalue weighted by Gasteiger charge is 2.30. The highest BCUT2D eigenvalue weighted by atomic mass is 16.5. The van der Waals surface area contributed by atoms with Crippen molar-refractivity contribution in [2.75, 3.05) is 45.9 Å². The fourth-order valence-corrected chi connectivity index (χ4v) is 4.30. The van der Waals surface area contributed by atoms with E-state index in [4.69, 9.17) is 4.74 Å². The molecular weight excluding hydrogens is 304 g/mol. The zero-order valence-electron chi connectivity index (χ0n) is 14.4. The molecule has 0 bridgehead atoms. The van der Waals surface area contributed by atoms with Crippen LogP contribution in [0, 0.1) is 5.92 Å². The fraction of sp³-hybridized carbons (Fsp3) is 0.778. The molecule has 2 aliphatic heterocycles. The molecule has 1 atom stereocenters. The van der Waals surface area contributed by atoms with E-state index in [1.165, 1.54) is 25.7 Å². The number of morpholine rings is 1. The summed E-state index contributed by atoms with van der Waals surface area (Å²) in [6.07, 6.45) is 8.05. The Hall–Kier alpha value is -1.40. The number of nitrogens with zero attached hydrogens (tertiary/aromatic N) is 4. The van der Waals surface area contributed by atoms with E-state index in [1.807, 2.05) is 21.8 Å². The summed E-state index contributed by atoms with van der Waals surface area (Å²) >= 11 is 0. The molecule has 1 aromatic heterocycles. The Bertz CT molecular complexity index is 561. The molecule has 0 radical (unpaired) electrons. The van der Waals surface area contributed by atoms with Crippen molar-refractivity contribution in [3.63, 3.8) is 0 Å². The van der Waals surface area contributed by atoms with Crippen molar-refractivity contribution in [3.8, 4) is 0 Å². The summed E-state index contributed by atoms with van der Waals surface area (Å²) in [5.74, 6) is 0.695. The Labute approximate surface area is 143 Å². The molecular formula is C18H28N4O2. The van der Waals surface area contributed by atoms with E-state index in [-0.39, 0.29) is 5.91 Å². The van der Waals surface area contributed by atoms with E-state index < -0.39 is 0 Å². The van der Waals surface area contributed by atoms with Gasteiger partial charge in [-0.1, -0.05) is 12.8 Å². The lowest BCUT2D eigenvalue weighted by Gasteiger charge is -2.28. The average Bonchev–Trinajstić information content (AvgIpc) is 3.36. The molecule has 1 aromatic rings. The average molecular weight is 332 g/mol. The van der Waals surface area contributed by atoms with Crippen LogP contribution >= 0.6 is 0 Å². The second-order valence-electron chi connectivity index (χ2n) is 7.44. The van der Waals surface area contributed by atoms with Crippen molar-refractivity contribution in [3.05, 3.63) is 18.0 Å². The molecule has 4 rings (SSSR count). The zero-order chi connectivity index (χ0) is 16.4. The van der Waals surface area contributed by atoms with Crippen LogP contribution in [0.3, 0.4) is 0 Å². The lowest BCUT2D eigenvalue weighted by molar-refractivity contribution is 0.0310. The first kappa shape index (κ1) is 16.1. The van der Waals surface area contributed by atoms with Gasteiger partial charge >= 0.3 is 0 Å². The van der Waals surface area contributed by atoms with Crippen LogP contribution in [0.2, 0.25) is 0 Å². The maximum absolute atomic E-state index is 12.7. The van der Waals surface area contributed by atoms with Gasteiger partial charge in [-0.3, -0.25) is 14.4 Å². The van der Waals surface area contributed by atoms with Crippen LogP contribution in [0.5, 0.6) is 0 Å². The minimum Gasteiger partial charge on any atom is -0.379 e. The van der Waals surface area contributed by atoms with E-state index in [0.29, 0.717) is 17.7 Å². The molecule has 6 heteroatoms. The van der Waals surface area contributed by atoms with Gasteiger partial charge in [0.25, 0.3) is 5.91 Å². The third kappa shape index (κ3) is 3.49. The number of ether oxygens (including phenoxy) is 1. The van der Waals surface area contributed by atoms with Crippen LogP contribution in [0.1, 0.15) is 48.6 Å². The smallest absolute Gasteiger partial charge is 0.274 e. The Morgan fingerprint density at radius 3 is 2.75 bits per heavy atom. The third-order valence-corrected chi connectivity index (χ3v) is 5.72. The van der Waals surface area contributed by atoms with Crippen molar-refractivity contribution in [1.29, 1.82) is 0 Å². The fourth-order valence-electron chi connectivity index (χ4n) is 4.30. The van der Waals surface area contributed by atoms with Crippen LogP contribution < -0.4 is 0 Å². The van der Waals surface area contributed by atoms with Crippen LogP contribution in [0.25, 0.3) is 0 Å². The molecule has 2 saturated heterocycles. The lowest BCUT2D eigenvalue weighted by Crippen LogP contribution is -2.40. The van der Waals surface area contributed by atoms with Crippen molar-refractivity contribution >= 4 is 5.91 Å². The van der Waals surface area contributed by atoms with Gasteiger partial charge < -0.3 is 9.64 Å². The molecule has 0 spiro atoms. The van der Waals surface area contributed by atoms with Crippen molar-refractivity contribution in [2.24, 2.45) is 5.92 Å². The summed E-state index contributed by atoms with van der Waals surface area (Å²) in [6, 6.07) is 2.40. The number of likely N-dealkylation sites (tertiary alicyclic amines) is 1. The molecule has 24 heavy (non-hydrogen) atoms. The number of amides is 1. The highest BCUT2D eigenvalue weighted by molar-refractivity contribution is 5.92. The molecule has 6 nitrogen and oxygen atoms in total. The number of hydrogen-bond acceptors (Lipinski definition) is 4. The highest BCUT2D eigenvalue weighted by Crippen LogP contribution is 2.29. The van der Waals surface area contributed by atoms with E-state index in [9.17, 15) is 4.79 Å². The molecule has 3 fully saturated rings. The first-order chi connectivity index (χ1) is 11.8. The number of carbonyl (C=O) groups is 1. The van der Waals surface area contributed by atoms with E-state index in [1.54, 1.807) is 0 Å². The minimum atomic E-state index is 0.108. The van der Waals surface area contributed by atoms with Gasteiger partial charge in [-0.05, 0) is 31.2 Å². The largest absolute Gasteiger partial charge is 0.379 e. The van der Waals surface area contributed by atoms with E-state index in [0.717, 1.165) is 52.4 Å². The maximum atomic E-state index is 12.7. The van der Waals surface area contributed by atoms with Gasteiger partial charge in [-0.25, -0.2) is 0 Å². The molecule has 3 heterocycles. The molecule has 1 amide bonds. The monoisotopic (exact) mass is 332 g/mol. The standard InChI is InChI=1S/C18H28N4O2/c23-18(17-6-8-22(19-17)16-3-1-2-4-16)21-7-5-15(14-21)13-20-9-11-24-12-10-20/h6,8,15-16H,1-5,7,9-14H2. The predicted molar refractivity (Wildman–Crippen MR) is 91.0 cm³/mol. The van der Waals surface area contributed by atoms with Gasteiger partial charge in [0.1, 0.15) is 5.69 Å². The van der Waals surface area contributed by atoms with Gasteiger partial charge in [0.15, 0.2) is 0 Å². The molecule has 132 valence electrons. The Kier molecular flexibility index (Phi) is 4.85. The van der Waals surface area contributed by atoms with Gasteiger partial charge in [-0.2, -0.15) is 5.10 Å². The molecule has 0 aromatic carbocycles. The first-order valence-corrected chi connectivity index (χ1v) is 9.44. The third-order valence-electron chi connectivity index (χ3n) is 5.72. The van der Waals surface area contributed by atoms with Crippen LogP contribution in [-0.4, -0.2) is 71.4 Å². The van der Waals surface area contributed by atoms with Gasteiger partial charge in [0.05, 0.1) is 19.3 Å². The number of carbonyl (C=O) groups excluding carboxylic acids is 1. The summed E-state index contributed by atoms with van der Waals surface area (Å²) in [6.45, 7) is 6.55. The van der Waals surface area contributed by atoms with Crippen molar-refractivity contribution in [2.45, 2.75) is 38.1 Å². The van der Waals surface area contributed by atoms with Crippen LogP contribution in [0.4, 0.5) is 0 Å². The van der Waals surface area contributed by atoms with Gasteiger partial charge in [-0.15, -0.1) is 0 Å². The Morgan fingerprint density at radius 1 is 1.17 bits per heavy atom. The molecule has 1 aliphatic carbocycles. The second-order valence-corrected chi connectivity index (χ2v) is 7.44. The Balaban J connectivity index is 1.32. The molecule has 0 N–H and O–H groups in total. The normalized spacial score (nSPS) is 26.3. The SMILES string of the molecule is O=C(c1ccn(C2CCCC2)n1)N1CCC(CN2CCOCC2)C1. The summed E-state index contributed by atoms with van der Waals surface area (Å²) in [7, 11) is 0. The Morgan fingerprint density at radius 2 is 1.96 bits per heavy atom. The van der Waals surface area contributed by atoms with Gasteiger partial charge in [0, 0.05) is 38.9 Å². The predicted octanol–water partition coefficient (Wildman–Crippen LogP) is 1.79. The van der Waals surface area contributed by atoms with E-state index >= 15 is 0 Å². The number of hydrogen-bond donors (Lipinski definition) is 0. The second kappa shape index (κ2) is 7.23. The summed E-state index contributed by atoms with van der Waals surface area (Å²) in [4.78, 5) is 17.2. The quantitative estimate of drug-likeness (QED) is 0.843. The summed E-state index contributed by atoms with van der Waals surface area (Å²) in [5, 5.41) is 4.58. The van der Waals surface area contributed by atoms with Gasteiger partial charge in [0.2, 0.25) is 0 Å². The molecule has 3 aliphatic rings. The molecule has 1 unspecified atom stereocenters. The zero-order valence-corrected chi connectivity index (χ0v) is 14.4. The van der Waals surface area contributed by atoms with Crippen LogP contribution in [-0.2, 0) is 4.74 Å². The summed E-state index contributed by atoms with van der Waals surface area (Å²) < 4.78 is 7.42. The number of rotatable bonds is 4. The van der Waals surface area contributed by atoms with Crippen LogP contribution in [0.15, 0.2) is 12.3 Å². The lowest BCUT2D eigenvalue weighted by atomic mass is 10.1. The topological polar surface area (TPSA) is 50.6 Å². The minimum absolute atomic E-state index is 0.108. The van der Waals surface area contributed by atoms with Crippen molar-refractivity contribution in [1.82, 2.24) is 19.6 Å². The maximum Gasteiger partial charge on any atom is 0.274 e. The molecule has 1 saturated carbocycles.